The van der Waals surface area contributed by atoms with Gasteiger partial charge in [0.1, 0.15) is 0 Å². The fourth-order valence-corrected chi connectivity index (χ4v) is 2.15. The maximum Gasteiger partial charge on any atom is 0.272 e. The Hall–Kier alpha value is -1.46. The van der Waals surface area contributed by atoms with Gasteiger partial charge in [0.05, 0.1) is 11.8 Å². The summed E-state index contributed by atoms with van der Waals surface area (Å²) in [7, 11) is 0. The molecule has 0 heterocycles. The molecule has 0 bridgehead atoms. The minimum atomic E-state index is -0.249. The van der Waals surface area contributed by atoms with Gasteiger partial charge in [0.15, 0.2) is 0 Å². The second kappa shape index (κ2) is 6.63. The molecule has 96 valence electrons. The molecule has 2 aromatic carbocycles. The molecular formula is C14H10Br2N2O. The summed E-state index contributed by atoms with van der Waals surface area (Å²) in [6.07, 6.45) is 1.60. The molecule has 0 saturated carbocycles. The summed E-state index contributed by atoms with van der Waals surface area (Å²) in [6.45, 7) is 0. The number of nitrogens with zero attached hydrogens (tertiary/aromatic N) is 1. The van der Waals surface area contributed by atoms with Gasteiger partial charge < -0.3 is 0 Å². The molecule has 0 spiro atoms. The van der Waals surface area contributed by atoms with Crippen molar-refractivity contribution in [2.24, 2.45) is 5.10 Å². The highest BCUT2D eigenvalue weighted by atomic mass is 79.9. The lowest BCUT2D eigenvalue weighted by molar-refractivity contribution is 0.0954. The first-order valence-corrected chi connectivity index (χ1v) is 7.09. The highest BCUT2D eigenvalue weighted by Crippen LogP contribution is 2.15. The van der Waals surface area contributed by atoms with Crippen LogP contribution >= 0.6 is 31.9 Å². The Morgan fingerprint density at radius 3 is 2.42 bits per heavy atom. The van der Waals surface area contributed by atoms with Crippen molar-refractivity contribution in [1.82, 2.24) is 5.43 Å². The molecule has 19 heavy (non-hydrogen) atoms. The van der Waals surface area contributed by atoms with E-state index in [1.165, 1.54) is 0 Å². The number of halogens is 2. The van der Waals surface area contributed by atoms with Crippen LogP contribution < -0.4 is 5.43 Å². The van der Waals surface area contributed by atoms with E-state index in [1.807, 2.05) is 36.4 Å². The molecule has 0 fully saturated rings. The van der Waals surface area contributed by atoms with Crippen LogP contribution in [0.5, 0.6) is 0 Å². The van der Waals surface area contributed by atoms with Gasteiger partial charge in [0.25, 0.3) is 5.91 Å². The van der Waals surface area contributed by atoms with E-state index in [0.29, 0.717) is 5.56 Å². The van der Waals surface area contributed by atoms with Crippen molar-refractivity contribution < 1.29 is 4.79 Å². The van der Waals surface area contributed by atoms with Crippen molar-refractivity contribution >= 4 is 44.0 Å². The lowest BCUT2D eigenvalue weighted by Gasteiger charge is -2.01. The zero-order valence-electron chi connectivity index (χ0n) is 9.81. The monoisotopic (exact) mass is 380 g/mol. The van der Waals surface area contributed by atoms with E-state index >= 15 is 0 Å². The van der Waals surface area contributed by atoms with Gasteiger partial charge in [-0.2, -0.15) is 5.10 Å². The lowest BCUT2D eigenvalue weighted by atomic mass is 10.2. The quantitative estimate of drug-likeness (QED) is 0.634. The molecule has 1 amide bonds. The maximum absolute atomic E-state index is 11.8. The third-order valence-electron chi connectivity index (χ3n) is 2.37. The summed E-state index contributed by atoms with van der Waals surface area (Å²) >= 11 is 6.68. The molecule has 0 aliphatic heterocycles. The second-order valence-electron chi connectivity index (χ2n) is 3.73. The molecule has 2 rings (SSSR count). The lowest BCUT2D eigenvalue weighted by Crippen LogP contribution is -2.18. The van der Waals surface area contributed by atoms with E-state index in [4.69, 9.17) is 0 Å². The highest BCUT2D eigenvalue weighted by Gasteiger charge is 2.07. The van der Waals surface area contributed by atoms with Gasteiger partial charge in [-0.05, 0) is 45.8 Å². The number of benzene rings is 2. The van der Waals surface area contributed by atoms with Crippen molar-refractivity contribution in [1.29, 1.82) is 0 Å². The number of carbonyl (C=O) groups excluding carboxylic acids is 1. The van der Waals surface area contributed by atoms with Crippen LogP contribution in [0.25, 0.3) is 0 Å². The number of rotatable bonds is 3. The maximum atomic E-state index is 11.8. The number of amides is 1. The fraction of sp³-hybridized carbons (Fsp3) is 0. The second-order valence-corrected chi connectivity index (χ2v) is 5.50. The van der Waals surface area contributed by atoms with E-state index in [1.54, 1.807) is 18.3 Å². The third-order valence-corrected chi connectivity index (χ3v) is 3.59. The summed E-state index contributed by atoms with van der Waals surface area (Å²) in [5.74, 6) is -0.249. The zero-order chi connectivity index (χ0) is 13.7. The van der Waals surface area contributed by atoms with Gasteiger partial charge in [-0.15, -0.1) is 0 Å². The normalized spacial score (nSPS) is 10.6. The average molecular weight is 382 g/mol. The Balaban J connectivity index is 2.01. The smallest absolute Gasteiger partial charge is 0.267 e. The van der Waals surface area contributed by atoms with Crippen LogP contribution in [0.4, 0.5) is 0 Å². The predicted molar refractivity (Wildman–Crippen MR) is 83.3 cm³/mol. The molecular weight excluding hydrogens is 372 g/mol. The first-order valence-electron chi connectivity index (χ1n) is 5.50. The number of hydrazone groups is 1. The van der Waals surface area contributed by atoms with Crippen molar-refractivity contribution in [2.75, 3.05) is 0 Å². The summed E-state index contributed by atoms with van der Waals surface area (Å²) in [5.41, 5.74) is 3.96. The average Bonchev–Trinajstić information content (AvgIpc) is 2.41. The zero-order valence-corrected chi connectivity index (χ0v) is 13.0. The standard InChI is InChI=1S/C14H10Br2N2O/c15-11-7-5-10(6-8-11)9-17-18-14(19)12-3-1-2-4-13(12)16/h1-9H,(H,18,19)/b17-9+. The van der Waals surface area contributed by atoms with Gasteiger partial charge in [0.2, 0.25) is 0 Å². The van der Waals surface area contributed by atoms with Crippen LogP contribution in [0, 0.1) is 0 Å². The number of hydrogen-bond acceptors (Lipinski definition) is 2. The van der Waals surface area contributed by atoms with E-state index < -0.39 is 0 Å². The molecule has 0 saturated heterocycles. The molecule has 0 radical (unpaired) electrons. The van der Waals surface area contributed by atoms with Crippen LogP contribution in [0.3, 0.4) is 0 Å². The van der Waals surface area contributed by atoms with Gasteiger partial charge in [-0.3, -0.25) is 4.79 Å². The van der Waals surface area contributed by atoms with Crippen LogP contribution in [-0.4, -0.2) is 12.1 Å². The van der Waals surface area contributed by atoms with Crippen LogP contribution in [-0.2, 0) is 0 Å². The summed E-state index contributed by atoms with van der Waals surface area (Å²) in [5, 5.41) is 3.93. The number of nitrogens with one attached hydrogen (secondary N) is 1. The van der Waals surface area contributed by atoms with E-state index in [2.05, 4.69) is 42.4 Å². The first kappa shape index (κ1) is 14.0. The highest BCUT2D eigenvalue weighted by molar-refractivity contribution is 9.10. The molecule has 0 aliphatic carbocycles. The van der Waals surface area contributed by atoms with Crippen molar-refractivity contribution in [3.05, 3.63) is 68.6 Å². The van der Waals surface area contributed by atoms with Gasteiger partial charge in [-0.1, -0.05) is 40.2 Å². The molecule has 0 aliphatic rings. The molecule has 1 N–H and O–H groups in total. The van der Waals surface area contributed by atoms with E-state index in [0.717, 1.165) is 14.5 Å². The Labute approximate surface area is 128 Å². The Morgan fingerprint density at radius 1 is 1.05 bits per heavy atom. The molecule has 0 aromatic heterocycles. The van der Waals surface area contributed by atoms with Crippen LogP contribution in [0.1, 0.15) is 15.9 Å². The molecule has 0 unspecified atom stereocenters. The topological polar surface area (TPSA) is 41.5 Å². The minimum absolute atomic E-state index is 0.249. The van der Waals surface area contributed by atoms with E-state index in [9.17, 15) is 4.79 Å². The molecule has 2 aromatic rings. The first-order chi connectivity index (χ1) is 9.16. The Morgan fingerprint density at radius 2 is 1.74 bits per heavy atom. The van der Waals surface area contributed by atoms with Crippen molar-refractivity contribution in [3.63, 3.8) is 0 Å². The van der Waals surface area contributed by atoms with Gasteiger partial charge >= 0.3 is 0 Å². The van der Waals surface area contributed by atoms with Crippen LogP contribution in [0.2, 0.25) is 0 Å². The van der Waals surface area contributed by atoms with Gasteiger partial charge in [0, 0.05) is 8.95 Å². The molecule has 5 heteroatoms. The number of carbonyl (C=O) groups is 1. The van der Waals surface area contributed by atoms with E-state index in [-0.39, 0.29) is 5.91 Å². The third kappa shape index (κ3) is 4.01. The minimum Gasteiger partial charge on any atom is -0.267 e. The Bertz CT molecular complexity index is 609. The van der Waals surface area contributed by atoms with Crippen molar-refractivity contribution in [3.8, 4) is 0 Å². The fourth-order valence-electron chi connectivity index (χ4n) is 1.42. The summed E-state index contributed by atoms with van der Waals surface area (Å²) < 4.78 is 1.74. The predicted octanol–water partition coefficient (Wildman–Crippen LogP) is 3.98. The van der Waals surface area contributed by atoms with Crippen LogP contribution in [0.15, 0.2) is 62.6 Å². The Kier molecular flexibility index (Phi) is 4.87. The largest absolute Gasteiger partial charge is 0.272 e. The number of hydrogen-bond donors (Lipinski definition) is 1. The molecule has 3 nitrogen and oxygen atoms in total. The van der Waals surface area contributed by atoms with Gasteiger partial charge in [-0.25, -0.2) is 5.43 Å². The summed E-state index contributed by atoms with van der Waals surface area (Å²) in [4.78, 5) is 11.8. The molecule has 0 atom stereocenters. The SMILES string of the molecule is O=C(N/N=C/c1ccc(Br)cc1)c1ccccc1Br. The summed E-state index contributed by atoms with van der Waals surface area (Å²) in [6, 6.07) is 14.8. The van der Waals surface area contributed by atoms with Crippen molar-refractivity contribution in [2.45, 2.75) is 0 Å².